The van der Waals surface area contributed by atoms with Gasteiger partial charge in [-0.3, -0.25) is 0 Å². The van der Waals surface area contributed by atoms with Crippen LogP contribution in [-0.4, -0.2) is 23.7 Å². The fourth-order valence-corrected chi connectivity index (χ4v) is 15.4. The molecular formula is C95H77N8Y15-3. The van der Waals surface area contributed by atoms with Gasteiger partial charge in [-0.1, -0.05) is 327 Å². The van der Waals surface area contributed by atoms with E-state index in [0.29, 0.717) is 13.1 Å². The Kier molecular flexibility index (Phi) is 58.9. The Balaban J connectivity index is 0.000000956. The molecule has 0 unspecified atom stereocenters. The van der Waals surface area contributed by atoms with E-state index >= 15 is 0 Å². The normalized spacial score (nSPS) is 9.88. The Labute approximate surface area is 1070 Å². The molecule has 118 heavy (non-hydrogen) atoms. The van der Waals surface area contributed by atoms with Crippen molar-refractivity contribution in [3.63, 3.8) is 0 Å². The van der Waals surface area contributed by atoms with E-state index in [1.807, 2.05) is 77.9 Å². The van der Waals surface area contributed by atoms with E-state index in [0.717, 1.165) is 62.4 Å². The average Bonchev–Trinajstić information content (AvgIpc) is 1.55. The van der Waals surface area contributed by atoms with E-state index in [2.05, 4.69) is 314 Å². The summed E-state index contributed by atoms with van der Waals surface area (Å²) in [6, 6.07) is 113. The van der Waals surface area contributed by atoms with Gasteiger partial charge in [-0.15, -0.1) is 33.1 Å². The van der Waals surface area contributed by atoms with E-state index in [-0.39, 0.29) is 491 Å². The van der Waals surface area contributed by atoms with Crippen molar-refractivity contribution < 1.29 is 491 Å². The Hall–Kier alpha value is 3.78. The maximum Gasteiger partial charge on any atom is 0.149 e. The molecule has 0 amide bonds. The van der Waals surface area contributed by atoms with Crippen molar-refractivity contribution in [2.75, 3.05) is 0 Å². The second kappa shape index (κ2) is 58.0. The third-order valence-corrected chi connectivity index (χ3v) is 19.7. The number of fused-ring (bicyclic) bond motifs is 21. The molecule has 0 saturated carbocycles. The molecule has 545 valence electrons. The number of aromatic nitrogens is 8. The summed E-state index contributed by atoms with van der Waals surface area (Å²) in [7, 11) is 0. The summed E-state index contributed by atoms with van der Waals surface area (Å²) >= 11 is 0. The molecule has 0 aliphatic heterocycles. The molecular weight excluding hydrogens is 2590 g/mol. The molecule has 22 rings (SSSR count). The summed E-state index contributed by atoms with van der Waals surface area (Å²) in [5, 5.41) is 17.6. The van der Waals surface area contributed by atoms with Crippen LogP contribution < -0.4 is 15.0 Å². The van der Waals surface area contributed by atoms with Crippen molar-refractivity contribution in [1.82, 2.24) is 38.6 Å². The number of hydrogen-bond acceptors (Lipinski definition) is 2. The van der Waals surface area contributed by atoms with Gasteiger partial charge in [-0.05, 0) is 90.6 Å². The van der Waals surface area contributed by atoms with Gasteiger partial charge in [0.2, 0.25) is 0 Å². The first-order chi connectivity index (χ1) is 51.1. The first-order valence-corrected chi connectivity index (χ1v) is 36.2. The number of para-hydroxylation sites is 12. The monoisotopic (exact) mass is 2660 g/mol. The second-order valence-corrected chi connectivity index (χ2v) is 25.1. The van der Waals surface area contributed by atoms with Crippen molar-refractivity contribution in [2.45, 2.75) is 61.2 Å². The van der Waals surface area contributed by atoms with Crippen LogP contribution in [0.25, 0.3) is 164 Å². The Morgan fingerprint density at radius 2 is 0.449 bits per heavy atom. The minimum atomic E-state index is 0. The second-order valence-electron chi connectivity index (χ2n) is 25.1. The van der Waals surface area contributed by atoms with Gasteiger partial charge in [0.25, 0.3) is 0 Å². The number of nitrogens with zero attached hydrogens (tertiary/aromatic N) is 8. The van der Waals surface area contributed by atoms with Crippen LogP contribution in [0.1, 0.15) is 58.6 Å². The molecule has 0 atom stereocenters. The van der Waals surface area contributed by atoms with E-state index in [9.17, 15) is 0 Å². The van der Waals surface area contributed by atoms with E-state index in [1.54, 1.807) is 0 Å². The number of rotatable bonds is 6. The van der Waals surface area contributed by atoms with Crippen LogP contribution in [0.15, 0.2) is 322 Å². The molecule has 1 aliphatic rings. The fraction of sp³-hybridized carbons (Fsp3) is 0.0947. The topological polar surface area (TPSA) is 82.9 Å². The van der Waals surface area contributed by atoms with E-state index in [1.165, 1.54) is 125 Å². The van der Waals surface area contributed by atoms with Gasteiger partial charge in [0.15, 0.2) is 0 Å². The SMILES string of the molecule is CC.CC.CC.[Y].[Y].[Y].[Y].[Y].[Y].[Y].[Y].[Y].[Y].[Y].[Y].[Y].[Y].[Y].c1cc2c3c(ccc(Cn4c5ccccc5c5ccccc54)c3c1)-c1c(Cn3c4ccccc4c4ccccc43)nc(Cn3c4ccccc4c4ccccc43)nc1-2.c1ccc2c(c1)[n-]c1ccccc12.c1ccc2c(c1)[n-]c1ccccc12.c1ccc2c(c1)[n-]c1ccccc12. The largest absolute Gasteiger partial charge is 0.657 e. The predicted octanol–water partition coefficient (Wildman–Crippen LogP) is 24.6. The summed E-state index contributed by atoms with van der Waals surface area (Å²) < 4.78 is 7.33. The Bertz CT molecular complexity index is 6150. The van der Waals surface area contributed by atoms with Crippen LogP contribution in [0.5, 0.6) is 0 Å². The van der Waals surface area contributed by atoms with Gasteiger partial charge in [-0.25, -0.2) is 9.97 Å². The van der Waals surface area contributed by atoms with E-state index in [4.69, 9.17) is 9.97 Å². The summed E-state index contributed by atoms with van der Waals surface area (Å²) in [6.45, 7) is 14.0. The summed E-state index contributed by atoms with van der Waals surface area (Å²) in [4.78, 5) is 24.7. The van der Waals surface area contributed by atoms with Crippen LogP contribution in [0.2, 0.25) is 0 Å². The van der Waals surface area contributed by atoms with Crippen molar-refractivity contribution >= 4 is 142 Å². The smallest absolute Gasteiger partial charge is 0.149 e. The Morgan fingerprint density at radius 3 is 0.737 bits per heavy atom. The summed E-state index contributed by atoms with van der Waals surface area (Å²) in [6.07, 6.45) is 0. The molecule has 0 bridgehead atoms. The number of benzene rings is 14. The summed E-state index contributed by atoms with van der Waals surface area (Å²) in [5.41, 5.74) is 20.7. The van der Waals surface area contributed by atoms with Crippen LogP contribution in [0, 0.1) is 0 Å². The van der Waals surface area contributed by atoms with E-state index < -0.39 is 0 Å². The first kappa shape index (κ1) is 120. The molecule has 21 aromatic rings. The zero-order valence-electron chi connectivity index (χ0n) is 67.5. The molecule has 0 saturated heterocycles. The molecule has 7 heterocycles. The van der Waals surface area contributed by atoms with Gasteiger partial charge in [0, 0.05) is 574 Å². The molecule has 8 nitrogen and oxygen atoms in total. The van der Waals surface area contributed by atoms with Crippen LogP contribution in [-0.2, 0) is 510 Å². The maximum absolute atomic E-state index is 5.59. The van der Waals surface area contributed by atoms with Gasteiger partial charge < -0.3 is 28.7 Å². The zero-order valence-corrected chi connectivity index (χ0v) is 110. The third-order valence-electron chi connectivity index (χ3n) is 19.7. The molecule has 0 fully saturated rings. The zero-order chi connectivity index (χ0) is 69.9. The molecule has 23 heteroatoms. The quantitative estimate of drug-likeness (QED) is 0.166. The van der Waals surface area contributed by atoms with Crippen molar-refractivity contribution in [1.29, 1.82) is 0 Å². The van der Waals surface area contributed by atoms with Crippen LogP contribution in [0.4, 0.5) is 0 Å². The minimum absolute atomic E-state index is 0. The van der Waals surface area contributed by atoms with Gasteiger partial charge in [0.05, 0.1) is 24.5 Å². The molecule has 7 aromatic heterocycles. The number of hydrogen-bond donors (Lipinski definition) is 0. The summed E-state index contributed by atoms with van der Waals surface area (Å²) in [5.74, 6) is 0.816. The van der Waals surface area contributed by atoms with Crippen LogP contribution in [0.3, 0.4) is 0 Å². The van der Waals surface area contributed by atoms with Crippen LogP contribution >= 0.6 is 0 Å². The first-order valence-electron chi connectivity index (χ1n) is 36.2. The van der Waals surface area contributed by atoms with Gasteiger partial charge in [0.1, 0.15) is 5.82 Å². The minimum Gasteiger partial charge on any atom is -0.657 e. The van der Waals surface area contributed by atoms with Gasteiger partial charge >= 0.3 is 0 Å². The molecule has 15 radical (unpaired) electrons. The third kappa shape index (κ3) is 25.2. The van der Waals surface area contributed by atoms with Crippen molar-refractivity contribution in [3.8, 4) is 22.4 Å². The standard InChI is InChI=1S/C53H35N5.3C12H8N.3C2H6.15Y/c1-7-22-44-35(14-1)36-15-2-8-23-45(36)56(44)30-33-28-29-41-51-34(33)20-13-21-42(51)53-52(41)43(31-57-46-24-9-3-16-37(46)38-17-4-10-25-47(38)57)54-50(55-53)32-58-48-26-11-5-18-39(48)40-19-6-12-27-49(40)58;3*1-3-7-11-9(5-1)10-6-2-4-8-12(10)13-11;3*1-2;;;;;;;;;;;;;;;/h1-29H,30-32H2;3*1-8H;3*1-2H3;;;;;;;;;;;;;;;/q;3*-1;;;;;;;;;;;;;;;;;;. The average molecular weight is 2660 g/mol. The maximum atomic E-state index is 5.59. The van der Waals surface area contributed by atoms with Crippen molar-refractivity contribution in [2.24, 2.45) is 0 Å². The molecule has 1 aliphatic carbocycles. The van der Waals surface area contributed by atoms with Gasteiger partial charge in [-0.2, -0.15) is 0 Å². The fourth-order valence-electron chi connectivity index (χ4n) is 15.4. The molecule has 0 N–H and O–H groups in total. The van der Waals surface area contributed by atoms with Crippen molar-refractivity contribution in [3.05, 3.63) is 339 Å². The Morgan fingerprint density at radius 1 is 0.212 bits per heavy atom. The molecule has 14 aromatic carbocycles. The molecule has 0 spiro atoms. The predicted molar refractivity (Wildman–Crippen MR) is 438 cm³/mol.